The van der Waals surface area contributed by atoms with Crippen molar-refractivity contribution in [3.63, 3.8) is 0 Å². The summed E-state index contributed by atoms with van der Waals surface area (Å²) in [5, 5.41) is 13.7. The summed E-state index contributed by atoms with van der Waals surface area (Å²) in [6.07, 6.45) is 6.87. The Morgan fingerprint density at radius 1 is 1.15 bits per heavy atom. The van der Waals surface area contributed by atoms with Crippen LogP contribution >= 0.6 is 0 Å². The van der Waals surface area contributed by atoms with Crippen molar-refractivity contribution >= 4 is 11.9 Å². The molecule has 2 aliphatic rings. The summed E-state index contributed by atoms with van der Waals surface area (Å²) in [6.45, 7) is 5.97. The number of amides is 1. The lowest BCUT2D eigenvalue weighted by Gasteiger charge is -2.37. The molecule has 2 N–H and O–H groups in total. The van der Waals surface area contributed by atoms with E-state index >= 15 is 0 Å². The smallest absolute Gasteiger partial charge is 0.309 e. The van der Waals surface area contributed by atoms with Gasteiger partial charge in [-0.15, -0.1) is 0 Å². The number of carbonyl (C=O) groups excluding carboxylic acids is 2. The van der Waals surface area contributed by atoms with E-state index in [1.54, 1.807) is 7.11 Å². The molecule has 190 valence electrons. The number of ether oxygens (including phenoxy) is 2. The molecule has 34 heavy (non-hydrogen) atoms. The van der Waals surface area contributed by atoms with Crippen LogP contribution in [0.25, 0.3) is 0 Å². The fourth-order valence-corrected chi connectivity index (χ4v) is 5.80. The van der Waals surface area contributed by atoms with Gasteiger partial charge in [0.1, 0.15) is 5.60 Å². The highest BCUT2D eigenvalue weighted by molar-refractivity contribution is 5.85. The molecular formula is C28H43NO5. The van der Waals surface area contributed by atoms with Crippen LogP contribution in [0.3, 0.4) is 0 Å². The quantitative estimate of drug-likeness (QED) is 0.479. The van der Waals surface area contributed by atoms with E-state index in [9.17, 15) is 14.7 Å². The van der Waals surface area contributed by atoms with Crippen molar-refractivity contribution in [2.24, 2.45) is 11.3 Å². The summed E-state index contributed by atoms with van der Waals surface area (Å²) in [5.41, 5.74) is -0.541. The summed E-state index contributed by atoms with van der Waals surface area (Å²) in [6, 6.07) is 10.3. The van der Waals surface area contributed by atoms with Gasteiger partial charge in [-0.3, -0.25) is 9.59 Å². The lowest BCUT2D eigenvalue weighted by atomic mass is 9.75. The Labute approximate surface area is 204 Å². The largest absolute Gasteiger partial charge is 0.460 e. The van der Waals surface area contributed by atoms with Crippen LogP contribution in [0.4, 0.5) is 0 Å². The van der Waals surface area contributed by atoms with Gasteiger partial charge in [-0.1, -0.05) is 43.2 Å². The van der Waals surface area contributed by atoms with Crippen molar-refractivity contribution in [2.45, 2.75) is 95.6 Å². The third kappa shape index (κ3) is 6.60. The van der Waals surface area contributed by atoms with Crippen LogP contribution in [0.2, 0.25) is 0 Å². The molecule has 0 aliphatic heterocycles. The van der Waals surface area contributed by atoms with Gasteiger partial charge in [-0.05, 0) is 77.2 Å². The minimum atomic E-state index is -0.610. The molecule has 3 unspecified atom stereocenters. The standard InChI is InChI=1S/C28H43NO5/c1-26(2,3)34-24(31)23(13-17-33-4)18-27(14-8-9-15-27)25(32)29-28(20-30)16-12-22(19-28)21-10-6-5-7-11-21/h5-7,10-11,22-23,30H,8-9,12-20H2,1-4H3,(H,29,32). The zero-order valence-corrected chi connectivity index (χ0v) is 21.4. The van der Waals surface area contributed by atoms with E-state index < -0.39 is 22.5 Å². The Hall–Kier alpha value is -1.92. The molecule has 6 heteroatoms. The SMILES string of the molecule is COCCC(CC1(C(=O)NC2(CO)CCC(c3ccccc3)C2)CCCC1)C(=O)OC(C)(C)C. The fraction of sp³-hybridized carbons (Fsp3) is 0.714. The van der Waals surface area contributed by atoms with Crippen molar-refractivity contribution < 1.29 is 24.2 Å². The molecule has 0 aromatic heterocycles. The number of nitrogens with one attached hydrogen (secondary N) is 1. The van der Waals surface area contributed by atoms with E-state index in [-0.39, 0.29) is 18.5 Å². The van der Waals surface area contributed by atoms with Gasteiger partial charge >= 0.3 is 5.97 Å². The van der Waals surface area contributed by atoms with Crippen LogP contribution in [-0.4, -0.2) is 48.4 Å². The second kappa shape index (κ2) is 11.2. The Morgan fingerprint density at radius 3 is 2.41 bits per heavy atom. The molecule has 1 aromatic rings. The Kier molecular flexibility index (Phi) is 8.80. The van der Waals surface area contributed by atoms with Gasteiger partial charge in [-0.25, -0.2) is 0 Å². The minimum absolute atomic E-state index is 0.0151. The van der Waals surface area contributed by atoms with E-state index in [0.717, 1.165) is 44.9 Å². The van der Waals surface area contributed by atoms with Crippen LogP contribution < -0.4 is 5.32 Å². The van der Waals surface area contributed by atoms with Crippen molar-refractivity contribution in [3.8, 4) is 0 Å². The molecule has 1 amide bonds. The predicted molar refractivity (Wildman–Crippen MR) is 132 cm³/mol. The Bertz CT molecular complexity index is 812. The van der Waals surface area contributed by atoms with E-state index in [1.165, 1.54) is 5.56 Å². The van der Waals surface area contributed by atoms with Crippen molar-refractivity contribution in [1.82, 2.24) is 5.32 Å². The first-order valence-corrected chi connectivity index (χ1v) is 12.8. The molecule has 3 atom stereocenters. The fourth-order valence-electron chi connectivity index (χ4n) is 5.80. The van der Waals surface area contributed by atoms with E-state index in [2.05, 4.69) is 17.4 Å². The van der Waals surface area contributed by atoms with Crippen LogP contribution in [0.5, 0.6) is 0 Å². The van der Waals surface area contributed by atoms with Gasteiger partial charge in [0.25, 0.3) is 0 Å². The zero-order chi connectivity index (χ0) is 24.8. The maximum atomic E-state index is 13.8. The molecular weight excluding hydrogens is 430 g/mol. The minimum Gasteiger partial charge on any atom is -0.460 e. The second-order valence-corrected chi connectivity index (χ2v) is 11.4. The van der Waals surface area contributed by atoms with Crippen LogP contribution in [0.1, 0.15) is 90.0 Å². The number of benzene rings is 1. The van der Waals surface area contributed by atoms with E-state index in [4.69, 9.17) is 9.47 Å². The molecule has 2 saturated carbocycles. The van der Waals surface area contributed by atoms with Gasteiger partial charge in [0.05, 0.1) is 23.5 Å². The lowest BCUT2D eigenvalue weighted by molar-refractivity contribution is -0.162. The van der Waals surface area contributed by atoms with Crippen molar-refractivity contribution in [1.29, 1.82) is 0 Å². The summed E-state index contributed by atoms with van der Waals surface area (Å²) < 4.78 is 11.0. The molecule has 3 rings (SSSR count). The zero-order valence-electron chi connectivity index (χ0n) is 21.4. The topological polar surface area (TPSA) is 84.9 Å². The number of methoxy groups -OCH3 is 1. The third-order valence-electron chi connectivity index (χ3n) is 7.65. The molecule has 2 fully saturated rings. The van der Waals surface area contributed by atoms with Gasteiger partial charge in [0.15, 0.2) is 0 Å². The van der Waals surface area contributed by atoms with E-state index in [1.807, 2.05) is 39.0 Å². The molecule has 0 bridgehead atoms. The number of hydrogen-bond donors (Lipinski definition) is 2. The summed E-state index contributed by atoms with van der Waals surface area (Å²) >= 11 is 0. The van der Waals surface area contributed by atoms with Gasteiger partial charge < -0.3 is 19.9 Å². The van der Waals surface area contributed by atoms with Gasteiger partial charge in [0, 0.05) is 13.7 Å². The summed E-state index contributed by atoms with van der Waals surface area (Å²) in [5.74, 6) is -0.345. The number of esters is 1. The first kappa shape index (κ1) is 26.7. The number of aliphatic hydroxyl groups is 1. The summed E-state index contributed by atoms with van der Waals surface area (Å²) in [7, 11) is 1.62. The average molecular weight is 474 g/mol. The normalized spacial score (nSPS) is 25.1. The molecule has 0 saturated heterocycles. The number of carbonyl (C=O) groups is 2. The summed E-state index contributed by atoms with van der Waals surface area (Å²) in [4.78, 5) is 26.9. The second-order valence-electron chi connectivity index (χ2n) is 11.4. The van der Waals surface area contributed by atoms with E-state index in [0.29, 0.717) is 25.4 Å². The highest BCUT2D eigenvalue weighted by Crippen LogP contribution is 2.47. The van der Waals surface area contributed by atoms with Gasteiger partial charge in [-0.2, -0.15) is 0 Å². The predicted octanol–water partition coefficient (Wildman–Crippen LogP) is 4.75. The first-order valence-electron chi connectivity index (χ1n) is 12.8. The number of rotatable bonds is 10. The van der Waals surface area contributed by atoms with Crippen LogP contribution in [0.15, 0.2) is 30.3 Å². The Balaban J connectivity index is 1.75. The molecule has 1 aromatic carbocycles. The highest BCUT2D eigenvalue weighted by Gasteiger charge is 2.48. The molecule has 2 aliphatic carbocycles. The van der Waals surface area contributed by atoms with Crippen LogP contribution in [0, 0.1) is 11.3 Å². The molecule has 6 nitrogen and oxygen atoms in total. The Morgan fingerprint density at radius 2 is 1.82 bits per heavy atom. The van der Waals surface area contributed by atoms with Gasteiger partial charge in [0.2, 0.25) is 5.91 Å². The number of hydrogen-bond acceptors (Lipinski definition) is 5. The molecule has 0 heterocycles. The number of aliphatic hydroxyl groups excluding tert-OH is 1. The van der Waals surface area contributed by atoms with Crippen molar-refractivity contribution in [3.05, 3.63) is 35.9 Å². The highest BCUT2D eigenvalue weighted by atomic mass is 16.6. The maximum absolute atomic E-state index is 13.8. The average Bonchev–Trinajstić information content (AvgIpc) is 3.45. The molecule has 0 spiro atoms. The lowest BCUT2D eigenvalue weighted by Crippen LogP contribution is -2.54. The third-order valence-corrected chi connectivity index (χ3v) is 7.65. The molecule has 0 radical (unpaired) electrons. The first-order chi connectivity index (χ1) is 16.1. The monoisotopic (exact) mass is 473 g/mol. The van der Waals surface area contributed by atoms with Crippen molar-refractivity contribution in [2.75, 3.05) is 20.3 Å². The van der Waals surface area contributed by atoms with Crippen LogP contribution in [-0.2, 0) is 19.1 Å². The maximum Gasteiger partial charge on any atom is 0.309 e.